The van der Waals surface area contributed by atoms with Gasteiger partial charge in [0.1, 0.15) is 63.5 Å². The van der Waals surface area contributed by atoms with Crippen molar-refractivity contribution in [3.8, 4) is 0 Å². The third-order valence-electron chi connectivity index (χ3n) is 31.9. The molecule has 0 radical (unpaired) electrons. The molecular formula is C119H131F5N14O6. The number of hydrogen-bond donors (Lipinski definition) is 6. The van der Waals surface area contributed by atoms with Crippen molar-refractivity contribution in [2.75, 3.05) is 31.9 Å². The molecule has 0 aliphatic heterocycles. The maximum absolute atomic E-state index is 13.7. The molecule has 12 atom stereocenters. The lowest BCUT2D eigenvalue weighted by atomic mass is 9.91. The molecule has 22 rings (SSSR count). The molecule has 12 aliphatic carbocycles. The molecule has 25 heteroatoms. The average Bonchev–Trinajstić information content (AvgIpc) is 1.66. The average molecular weight is 1950 g/mol. The van der Waals surface area contributed by atoms with Gasteiger partial charge in [-0.25, -0.2) is 51.9 Å². The summed E-state index contributed by atoms with van der Waals surface area (Å²) in [6.07, 6.45) is 44.6. The van der Waals surface area contributed by atoms with Gasteiger partial charge in [0, 0.05) is 42.2 Å². The number of halogens is 5. The molecule has 0 spiro atoms. The first kappa shape index (κ1) is 102. The quantitative estimate of drug-likeness (QED) is 0.0436. The Balaban J connectivity index is 0.000000119. The van der Waals surface area contributed by atoms with Crippen LogP contribution in [0, 0.1) is 119 Å². The van der Waals surface area contributed by atoms with E-state index >= 15 is 0 Å². The second-order valence-corrected chi connectivity index (χ2v) is 42.1. The number of allylic oxidation sites excluding steroid dienone is 12. The topological polar surface area (TPSA) is 278 Å². The Morgan fingerprint density at radius 2 is 0.514 bits per heavy atom. The van der Waals surface area contributed by atoms with Crippen molar-refractivity contribution in [3.05, 3.63) is 307 Å². The van der Waals surface area contributed by atoms with E-state index in [2.05, 4.69) is 125 Å². The van der Waals surface area contributed by atoms with Gasteiger partial charge in [0.05, 0.1) is 41.7 Å². The molecule has 4 aromatic carbocycles. The number of rotatable bonds is 18. The summed E-state index contributed by atoms with van der Waals surface area (Å²) in [5, 5.41) is 16.1. The van der Waals surface area contributed by atoms with Crippen molar-refractivity contribution in [3.63, 3.8) is 0 Å². The first-order valence-electron chi connectivity index (χ1n) is 51.7. The van der Waals surface area contributed by atoms with Crippen LogP contribution in [0.4, 0.5) is 56.9 Å². The number of nitrogens with zero attached hydrogens (tertiary/aromatic N) is 8. The number of aryl methyl sites for hydroxylation is 1. The van der Waals surface area contributed by atoms with Crippen molar-refractivity contribution < 1.29 is 50.7 Å². The molecule has 6 aromatic heterocycles. The second-order valence-electron chi connectivity index (χ2n) is 42.1. The van der Waals surface area contributed by atoms with Crippen LogP contribution < -0.4 is 31.9 Å². The van der Waals surface area contributed by atoms with E-state index in [0.29, 0.717) is 58.4 Å². The van der Waals surface area contributed by atoms with Crippen LogP contribution >= 0.6 is 0 Å². The molecule has 6 N–H and O–H groups in total. The smallest absolute Gasteiger partial charge is 0.262 e. The number of hydrogen-bond acceptors (Lipinski definition) is 14. The maximum Gasteiger partial charge on any atom is 0.262 e. The van der Waals surface area contributed by atoms with Gasteiger partial charge in [0.2, 0.25) is 11.8 Å². The summed E-state index contributed by atoms with van der Waals surface area (Å²) in [5.41, 5.74) is 24.3. The van der Waals surface area contributed by atoms with Crippen LogP contribution in [-0.2, 0) is 9.59 Å². The molecule has 6 amide bonds. The summed E-state index contributed by atoms with van der Waals surface area (Å²) in [6.45, 7) is 22.8. The molecule has 6 saturated carbocycles. The van der Waals surface area contributed by atoms with E-state index in [4.69, 9.17) is 0 Å². The van der Waals surface area contributed by atoms with Crippen LogP contribution in [0.5, 0.6) is 0 Å². The molecule has 6 fully saturated rings. The van der Waals surface area contributed by atoms with Crippen molar-refractivity contribution in [2.45, 2.75) is 230 Å². The zero-order valence-electron chi connectivity index (χ0n) is 84.3. The fraction of sp³-hybridized carbons (Fsp3) is 0.412. The number of benzene rings is 4. The van der Waals surface area contributed by atoms with Gasteiger partial charge in [-0.15, -0.1) is 0 Å². The molecule has 10 aromatic rings. The van der Waals surface area contributed by atoms with Crippen molar-refractivity contribution in [1.82, 2.24) is 39.9 Å². The van der Waals surface area contributed by atoms with Gasteiger partial charge in [-0.2, -0.15) is 0 Å². The lowest BCUT2D eigenvalue weighted by molar-refractivity contribution is -0.119. The number of aromatic nitrogens is 8. The first-order chi connectivity index (χ1) is 69.5. The molecule has 0 saturated heterocycles. The Hall–Kier alpha value is -13.5. The van der Waals surface area contributed by atoms with Crippen molar-refractivity contribution >= 4 is 104 Å². The van der Waals surface area contributed by atoms with Crippen molar-refractivity contribution in [1.29, 1.82) is 0 Å². The summed E-state index contributed by atoms with van der Waals surface area (Å²) >= 11 is 0. The number of fused-ring (bicyclic) bond motifs is 6. The Morgan fingerprint density at radius 1 is 0.257 bits per heavy atom. The van der Waals surface area contributed by atoms with Gasteiger partial charge >= 0.3 is 0 Å². The molecule has 12 aliphatic rings. The van der Waals surface area contributed by atoms with E-state index in [9.17, 15) is 50.7 Å². The predicted octanol–water partition coefficient (Wildman–Crippen LogP) is 28.0. The molecule has 20 nitrogen and oxygen atoms in total. The SMILES string of the molecule is CC1=C(c2ccc(NC(=O)C(C)C)nc2)C2CCCC2C1.CC1=C(c2ccc(NC(=O)c3c(F)cccc3F)nc2)C2CCCC2C1.CC1=C(c2ccc(NC(=O)c3ccccc3C)nc2)C2CCCC2C1.CC1=C(c2ccc(NC(=O)c3ccccc3F)nc2)C2CCCC2C1.CC1=C(c2cnc(NC(=O)C(C)C)cn2)C2CCCC2C1.CC1=C(c2cnc(NC(=O)c3c(F)cccc3F)cn2)C2CCCC2C1. The van der Waals surface area contributed by atoms with E-state index in [1.54, 1.807) is 42.9 Å². The number of amides is 6. The largest absolute Gasteiger partial charge is 0.310 e. The highest BCUT2D eigenvalue weighted by atomic mass is 19.1. The minimum atomic E-state index is -0.911. The molecule has 6 heterocycles. The third-order valence-corrected chi connectivity index (χ3v) is 31.9. The zero-order valence-corrected chi connectivity index (χ0v) is 84.3. The first-order valence-corrected chi connectivity index (χ1v) is 51.7. The third kappa shape index (κ3) is 23.2. The number of carbonyl (C=O) groups is 6. The number of carbonyl (C=O) groups excluding carboxylic acids is 6. The van der Waals surface area contributed by atoms with Crippen LogP contribution in [0.15, 0.2) is 216 Å². The highest BCUT2D eigenvalue weighted by Crippen LogP contribution is 2.57. The second kappa shape index (κ2) is 45.7. The minimum Gasteiger partial charge on any atom is -0.310 e. The highest BCUT2D eigenvalue weighted by molar-refractivity contribution is 6.07. The van der Waals surface area contributed by atoms with Gasteiger partial charge in [0.15, 0.2) is 11.6 Å². The van der Waals surface area contributed by atoms with Gasteiger partial charge in [-0.3, -0.25) is 38.7 Å². The van der Waals surface area contributed by atoms with Gasteiger partial charge in [-0.1, -0.05) is 142 Å². The normalized spacial score (nSPS) is 22.7. The molecule has 144 heavy (non-hydrogen) atoms. The molecule has 748 valence electrons. The Kier molecular flexibility index (Phi) is 32.3. The van der Waals surface area contributed by atoms with Crippen LogP contribution in [0.2, 0.25) is 0 Å². The Labute approximate surface area is 841 Å². The molecular weight excluding hydrogens is 1820 g/mol. The van der Waals surface area contributed by atoms with E-state index in [0.717, 1.165) is 107 Å². The van der Waals surface area contributed by atoms with Crippen molar-refractivity contribution in [2.24, 2.45) is 82.9 Å². The van der Waals surface area contributed by atoms with Gasteiger partial charge < -0.3 is 31.9 Å². The molecule has 0 bridgehead atoms. The van der Waals surface area contributed by atoms with Crippen LogP contribution in [0.1, 0.15) is 304 Å². The van der Waals surface area contributed by atoms with E-state index in [-0.39, 0.29) is 46.8 Å². The highest BCUT2D eigenvalue weighted by Gasteiger charge is 2.44. The van der Waals surface area contributed by atoms with Gasteiger partial charge in [-0.05, 0) is 387 Å². The summed E-state index contributed by atoms with van der Waals surface area (Å²) in [6, 6.07) is 35.7. The van der Waals surface area contributed by atoms with Gasteiger partial charge in [0.25, 0.3) is 23.6 Å². The standard InChI is InChI=1S/C22H24N2O.C21H20F2N2O.C21H21FN2O.C20H19F2N3O.C18H24N2O.C17H23N3O/c1-14-6-3-4-8-18(14)22(25)24-20-11-10-17(13-23-20)21-15(2)12-16-7-5-9-19(16)21;1-12-10-13-4-2-5-15(13)19(12)14-8-9-18(24-11-14)25-21(26)20-16(22)6-3-7-17(20)23;1-13-11-14-5-4-7-16(14)20(13)15-9-10-19(23-12-15)24-21(25)17-6-2-3-8-18(17)22;1-11-8-12-4-2-5-13(12)18(11)16-9-24-17(10-23-16)25-20(26)19-14(21)6-3-7-15(19)22;1-11(2)18(21)20-16-8-7-14(10-19-16)17-12(3)9-13-5-4-6-15(13)17;1-10(2)17(21)20-15-9-18-14(8-19-15)16-11(3)7-12-5-4-6-13(12)16/h3-4,6,8,10-11,13,16,19H,5,7,9,12H2,1-2H3,(H,23,24,25);3,6-9,11,13,15H,2,4-5,10H2,1H3,(H,24,25,26);2-3,6,8-10,12,14,16H,4-5,7,11H2,1H3,(H,23,24,25);3,6-7,9-10,12-13H,2,4-5,8H2,1H3,(H,24,25,26);7-8,10-11,13,15H,4-6,9H2,1-3H3,(H,19,20,21);8-10,12-13H,4-7H2,1-3H3,(H,19,20,21). The van der Waals surface area contributed by atoms with Crippen LogP contribution in [0.25, 0.3) is 33.4 Å². The monoisotopic (exact) mass is 1950 g/mol. The fourth-order valence-corrected chi connectivity index (χ4v) is 25.3. The predicted molar refractivity (Wildman–Crippen MR) is 558 cm³/mol. The maximum atomic E-state index is 13.7. The number of nitrogens with one attached hydrogen (secondary N) is 6. The van der Waals surface area contributed by atoms with E-state index in [1.807, 2.05) is 108 Å². The number of anilines is 6. The summed E-state index contributed by atoms with van der Waals surface area (Å²) in [7, 11) is 0. The van der Waals surface area contributed by atoms with Crippen LogP contribution in [-0.4, -0.2) is 75.3 Å². The zero-order chi connectivity index (χ0) is 101. The Morgan fingerprint density at radius 3 is 0.812 bits per heavy atom. The minimum absolute atomic E-state index is 0.0161. The summed E-state index contributed by atoms with van der Waals surface area (Å²) in [4.78, 5) is 107. The van der Waals surface area contributed by atoms with E-state index < -0.39 is 57.9 Å². The number of pyridine rings is 4. The van der Waals surface area contributed by atoms with E-state index in [1.165, 1.54) is 250 Å². The summed E-state index contributed by atoms with van der Waals surface area (Å²) in [5.74, 6) is 4.93. The fourth-order valence-electron chi connectivity index (χ4n) is 25.3. The lowest BCUT2D eigenvalue weighted by Gasteiger charge is -2.15. The Bertz CT molecular complexity index is 6210. The lowest BCUT2D eigenvalue weighted by Crippen LogP contribution is -2.18. The van der Waals surface area contributed by atoms with Crippen LogP contribution in [0.3, 0.4) is 0 Å². The molecule has 12 unspecified atom stereocenters. The summed E-state index contributed by atoms with van der Waals surface area (Å²) < 4.78 is 68.5.